The highest BCUT2D eigenvalue weighted by molar-refractivity contribution is 8.24. The number of hydrogen-bond donors (Lipinski definition) is 5. The smallest absolute Gasteiger partial charge is 0.307 e. The van der Waals surface area contributed by atoms with Gasteiger partial charge in [-0.3, -0.25) is 13.9 Å². The zero-order valence-corrected chi connectivity index (χ0v) is 24.3. The van der Waals surface area contributed by atoms with Crippen LogP contribution in [0, 0.1) is 12.8 Å². The average Bonchev–Trinajstić information content (AvgIpc) is 3.77. The van der Waals surface area contributed by atoms with E-state index in [0.717, 1.165) is 48.2 Å². The van der Waals surface area contributed by atoms with E-state index < -0.39 is 22.2 Å². The van der Waals surface area contributed by atoms with Gasteiger partial charge in [0.15, 0.2) is 0 Å². The van der Waals surface area contributed by atoms with Gasteiger partial charge >= 0.3 is 5.97 Å². The van der Waals surface area contributed by atoms with Crippen LogP contribution in [0.2, 0.25) is 0 Å². The second-order valence-corrected chi connectivity index (χ2v) is 14.5. The minimum atomic E-state index is -2.56. The topological polar surface area (TPSA) is 119 Å². The number of aliphatic carboxylic acids is 1. The number of anilines is 1. The molecule has 5 N–H and O–H groups in total. The number of ether oxygens (including phenoxy) is 1. The number of nitrogens with one attached hydrogen (secondary N) is 1. The molecule has 0 amide bonds. The predicted molar refractivity (Wildman–Crippen MR) is 163 cm³/mol. The molecule has 1 saturated carbocycles. The van der Waals surface area contributed by atoms with Crippen molar-refractivity contribution in [3.8, 4) is 16.9 Å². The van der Waals surface area contributed by atoms with Crippen LogP contribution in [0.3, 0.4) is 0 Å². The van der Waals surface area contributed by atoms with Gasteiger partial charge in [-0.1, -0.05) is 24.3 Å². The third kappa shape index (κ3) is 6.26. The molecule has 2 aliphatic carbocycles. The first kappa shape index (κ1) is 28.1. The van der Waals surface area contributed by atoms with E-state index in [1.807, 2.05) is 24.3 Å². The Morgan fingerprint density at radius 2 is 1.76 bits per heavy atom. The molecule has 7 nitrogen and oxygen atoms in total. The van der Waals surface area contributed by atoms with Crippen molar-refractivity contribution in [2.75, 3.05) is 23.4 Å². The molecular weight excluding hydrogens is 538 g/mol. The van der Waals surface area contributed by atoms with Gasteiger partial charge in [0.1, 0.15) is 18.0 Å². The van der Waals surface area contributed by atoms with Gasteiger partial charge < -0.3 is 20.3 Å². The van der Waals surface area contributed by atoms with Crippen molar-refractivity contribution in [2.24, 2.45) is 5.92 Å². The van der Waals surface area contributed by atoms with Crippen LogP contribution in [-0.4, -0.2) is 49.0 Å². The maximum Gasteiger partial charge on any atom is 0.307 e. The first-order valence-corrected chi connectivity index (χ1v) is 16.4. The summed E-state index contributed by atoms with van der Waals surface area (Å²) in [5.41, 5.74) is 8.54. The quantitative estimate of drug-likeness (QED) is 0.205. The summed E-state index contributed by atoms with van der Waals surface area (Å²) < 4.78 is 25.9. The lowest BCUT2D eigenvalue weighted by Gasteiger charge is -2.43. The molecule has 3 aromatic rings. The van der Waals surface area contributed by atoms with E-state index in [1.54, 1.807) is 0 Å². The fourth-order valence-electron chi connectivity index (χ4n) is 6.33. The summed E-state index contributed by atoms with van der Waals surface area (Å²) in [6, 6.07) is 19.0. The van der Waals surface area contributed by atoms with Crippen LogP contribution < -0.4 is 10.1 Å². The first-order chi connectivity index (χ1) is 19.6. The zero-order chi connectivity index (χ0) is 28.8. The normalized spacial score (nSPS) is 22.9. The molecule has 0 spiro atoms. The molecule has 218 valence electrons. The Kier molecular flexibility index (Phi) is 7.53. The third-order valence-electron chi connectivity index (χ3n) is 8.97. The van der Waals surface area contributed by atoms with Crippen molar-refractivity contribution in [1.29, 1.82) is 0 Å². The number of fused-ring (bicyclic) bond motifs is 3. The summed E-state index contributed by atoms with van der Waals surface area (Å²) in [5, 5.41) is 23.6. The number of carboxylic acid groups (broad SMARTS) is 1. The number of carboxylic acids is 1. The minimum Gasteiger partial charge on any atom is -0.491 e. The molecule has 1 saturated heterocycles. The Labute approximate surface area is 242 Å². The van der Waals surface area contributed by atoms with Gasteiger partial charge in [0, 0.05) is 23.7 Å². The van der Waals surface area contributed by atoms with Crippen molar-refractivity contribution >= 4 is 22.2 Å². The van der Waals surface area contributed by atoms with Gasteiger partial charge in [-0.25, -0.2) is 0 Å². The molecule has 3 aromatic carbocycles. The molecule has 8 heteroatoms. The van der Waals surface area contributed by atoms with Crippen molar-refractivity contribution in [1.82, 2.24) is 0 Å². The Balaban J connectivity index is 1.15. The number of aryl methyl sites for hydroxylation is 3. The Hall–Kier alpha value is -3.04. The molecule has 1 aliphatic heterocycles. The van der Waals surface area contributed by atoms with Crippen molar-refractivity contribution in [3.63, 3.8) is 0 Å². The second-order valence-electron chi connectivity index (χ2n) is 12.1. The van der Waals surface area contributed by atoms with Crippen LogP contribution in [0.5, 0.6) is 5.75 Å². The Bertz CT molecular complexity index is 1440. The molecule has 0 aromatic heterocycles. The summed E-state index contributed by atoms with van der Waals surface area (Å²) in [5.74, 6) is 0.392. The zero-order valence-electron chi connectivity index (χ0n) is 23.4. The van der Waals surface area contributed by atoms with E-state index in [1.165, 1.54) is 27.8 Å². The molecular formula is C33H39NO6S. The van der Waals surface area contributed by atoms with Crippen molar-refractivity contribution < 1.29 is 28.8 Å². The maximum absolute atomic E-state index is 11.2. The highest BCUT2D eigenvalue weighted by atomic mass is 32.3. The van der Waals surface area contributed by atoms with Crippen LogP contribution in [-0.2, 0) is 24.2 Å². The standard InChI is InChI=1S/C33H39NO6S/c1-21-15-27(40-20-33(37)11-13-41(38,39)14-12-33)17-25-4-2-3-23-6-5-22(16-29(23)31(21)25)19-34-26-9-7-24(8-10-26)28-18-30(28)32(35)36/h5-10,15-17,28,30,34,37-39H,2-4,11-14,18-20H2,1H3,(H,35,36). The van der Waals surface area contributed by atoms with Gasteiger partial charge in [0.25, 0.3) is 0 Å². The SMILES string of the molecule is Cc1cc(OCC2(O)CCS(O)(O)CC2)cc2c1-c1cc(CNc3ccc(C4CC4C(=O)O)cc3)ccc1CCC2. The van der Waals surface area contributed by atoms with Crippen LogP contribution in [0.1, 0.15) is 59.4 Å². The molecule has 0 radical (unpaired) electrons. The minimum absolute atomic E-state index is 0.140. The monoisotopic (exact) mass is 577 g/mol. The Morgan fingerprint density at radius 3 is 2.46 bits per heavy atom. The van der Waals surface area contributed by atoms with Crippen LogP contribution in [0.25, 0.3) is 11.1 Å². The van der Waals surface area contributed by atoms with E-state index in [-0.39, 0.29) is 29.9 Å². The summed E-state index contributed by atoms with van der Waals surface area (Å²) in [6.07, 6.45) is 4.41. The number of benzene rings is 3. The maximum atomic E-state index is 11.2. The van der Waals surface area contributed by atoms with Gasteiger partial charge in [0.05, 0.1) is 5.92 Å². The fraction of sp³-hybridized carbons (Fsp3) is 0.424. The molecule has 3 aliphatic rings. The first-order valence-electron chi connectivity index (χ1n) is 14.5. The second kappa shape index (κ2) is 11.0. The van der Waals surface area contributed by atoms with Gasteiger partial charge in [-0.05, 0) is 121 Å². The molecule has 0 bridgehead atoms. The van der Waals surface area contributed by atoms with Gasteiger partial charge in [-0.2, -0.15) is 10.6 Å². The van der Waals surface area contributed by atoms with Crippen LogP contribution >= 0.6 is 10.6 Å². The lowest BCUT2D eigenvalue weighted by molar-refractivity contribution is -0.138. The molecule has 2 atom stereocenters. The number of aliphatic hydroxyl groups is 1. The Morgan fingerprint density at radius 1 is 1.02 bits per heavy atom. The van der Waals surface area contributed by atoms with Gasteiger partial charge in [0.2, 0.25) is 0 Å². The fourth-order valence-corrected chi connectivity index (χ4v) is 7.95. The van der Waals surface area contributed by atoms with Gasteiger partial charge in [-0.15, -0.1) is 0 Å². The van der Waals surface area contributed by atoms with E-state index in [0.29, 0.717) is 19.4 Å². The largest absolute Gasteiger partial charge is 0.491 e. The average molecular weight is 578 g/mol. The summed E-state index contributed by atoms with van der Waals surface area (Å²) in [7, 11) is -2.56. The van der Waals surface area contributed by atoms with E-state index in [9.17, 15) is 24.1 Å². The number of rotatable bonds is 8. The van der Waals surface area contributed by atoms with E-state index in [4.69, 9.17) is 4.74 Å². The van der Waals surface area contributed by atoms with Crippen molar-refractivity contribution in [2.45, 2.75) is 63.5 Å². The number of hydrogen-bond acceptors (Lipinski definition) is 6. The third-order valence-corrected chi connectivity index (χ3v) is 10.7. The van der Waals surface area contributed by atoms with Crippen LogP contribution in [0.15, 0.2) is 54.6 Å². The lowest BCUT2D eigenvalue weighted by Crippen LogP contribution is -2.42. The van der Waals surface area contributed by atoms with E-state index in [2.05, 4.69) is 42.6 Å². The highest BCUT2D eigenvalue weighted by Crippen LogP contribution is 2.48. The molecule has 6 rings (SSSR count). The predicted octanol–water partition coefficient (Wildman–Crippen LogP) is 6.61. The van der Waals surface area contributed by atoms with Crippen molar-refractivity contribution in [3.05, 3.63) is 82.4 Å². The summed E-state index contributed by atoms with van der Waals surface area (Å²) in [6.45, 7) is 2.95. The van der Waals surface area contributed by atoms with E-state index >= 15 is 0 Å². The molecule has 1 heterocycles. The molecule has 2 fully saturated rings. The molecule has 2 unspecified atom stereocenters. The summed E-state index contributed by atoms with van der Waals surface area (Å²) >= 11 is 0. The van der Waals surface area contributed by atoms with Crippen LogP contribution in [0.4, 0.5) is 5.69 Å². The highest BCUT2D eigenvalue weighted by Gasteiger charge is 2.44. The number of carbonyl (C=O) groups is 1. The summed E-state index contributed by atoms with van der Waals surface area (Å²) in [4.78, 5) is 11.2. The lowest BCUT2D eigenvalue weighted by atomic mass is 9.91. The molecule has 41 heavy (non-hydrogen) atoms.